The zero-order valence-electron chi connectivity index (χ0n) is 13.4. The number of anilines is 2. The normalized spacial score (nSPS) is 15.2. The van der Waals surface area contributed by atoms with Crippen LogP contribution in [0.1, 0.15) is 0 Å². The Morgan fingerprint density at radius 1 is 1.08 bits per heavy atom. The molecule has 1 fully saturated rings. The predicted octanol–water partition coefficient (Wildman–Crippen LogP) is 3.80. The molecule has 1 amide bonds. The highest BCUT2D eigenvalue weighted by Gasteiger charge is 2.20. The molecule has 5 nitrogen and oxygen atoms in total. The van der Waals surface area contributed by atoms with Crippen LogP contribution in [0.5, 0.6) is 0 Å². The van der Waals surface area contributed by atoms with E-state index < -0.39 is 0 Å². The summed E-state index contributed by atoms with van der Waals surface area (Å²) in [7, 11) is 0. The highest BCUT2D eigenvalue weighted by molar-refractivity contribution is 6.42. The first-order chi connectivity index (χ1) is 12.0. The first kappa shape index (κ1) is 18.3. The lowest BCUT2D eigenvalue weighted by Gasteiger charge is -2.35. The van der Waals surface area contributed by atoms with Gasteiger partial charge in [-0.1, -0.05) is 40.9 Å². The molecule has 3 rings (SSSR count). The second-order valence-electron chi connectivity index (χ2n) is 5.74. The molecule has 132 valence electrons. The van der Waals surface area contributed by atoms with Gasteiger partial charge in [-0.25, -0.2) is 4.98 Å². The van der Waals surface area contributed by atoms with E-state index in [4.69, 9.17) is 34.8 Å². The van der Waals surface area contributed by atoms with Crippen molar-refractivity contribution in [1.29, 1.82) is 0 Å². The Labute approximate surface area is 161 Å². The van der Waals surface area contributed by atoms with E-state index in [0.717, 1.165) is 32.0 Å². The number of piperazine rings is 1. The average molecular weight is 400 g/mol. The zero-order valence-corrected chi connectivity index (χ0v) is 15.7. The maximum atomic E-state index is 12.3. The number of rotatable bonds is 4. The van der Waals surface area contributed by atoms with E-state index in [2.05, 4.69) is 20.1 Å². The topological polar surface area (TPSA) is 48.5 Å². The molecule has 0 saturated carbocycles. The fourth-order valence-electron chi connectivity index (χ4n) is 2.72. The van der Waals surface area contributed by atoms with Crippen molar-refractivity contribution >= 4 is 52.2 Å². The highest BCUT2D eigenvalue weighted by Crippen LogP contribution is 2.33. The van der Waals surface area contributed by atoms with Crippen molar-refractivity contribution in [2.45, 2.75) is 0 Å². The SMILES string of the molecule is O=C(CN1CCN(c2ccccn2)CC1)Nc1c(Cl)cc(Cl)cc1Cl. The van der Waals surface area contributed by atoms with Crippen LogP contribution in [0.4, 0.5) is 11.5 Å². The van der Waals surface area contributed by atoms with Crippen LogP contribution in [-0.4, -0.2) is 48.5 Å². The third-order valence-electron chi connectivity index (χ3n) is 3.98. The number of hydrogen-bond donors (Lipinski definition) is 1. The molecule has 1 aliphatic rings. The lowest BCUT2D eigenvalue weighted by molar-refractivity contribution is -0.117. The molecule has 2 aromatic rings. The molecule has 1 N–H and O–H groups in total. The summed E-state index contributed by atoms with van der Waals surface area (Å²) in [6.45, 7) is 3.50. The predicted molar refractivity (Wildman–Crippen MR) is 103 cm³/mol. The van der Waals surface area contributed by atoms with Gasteiger partial charge in [0.15, 0.2) is 0 Å². The second-order valence-corrected chi connectivity index (χ2v) is 6.99. The Morgan fingerprint density at radius 3 is 2.36 bits per heavy atom. The average Bonchev–Trinajstić information content (AvgIpc) is 2.59. The summed E-state index contributed by atoms with van der Waals surface area (Å²) >= 11 is 18.1. The van der Waals surface area contributed by atoms with Crippen LogP contribution in [0.15, 0.2) is 36.5 Å². The van der Waals surface area contributed by atoms with Gasteiger partial charge >= 0.3 is 0 Å². The molecule has 1 saturated heterocycles. The quantitative estimate of drug-likeness (QED) is 0.849. The zero-order chi connectivity index (χ0) is 17.8. The van der Waals surface area contributed by atoms with Crippen LogP contribution in [0.25, 0.3) is 0 Å². The Morgan fingerprint density at radius 2 is 1.76 bits per heavy atom. The fourth-order valence-corrected chi connectivity index (χ4v) is 3.63. The maximum Gasteiger partial charge on any atom is 0.238 e. The van der Waals surface area contributed by atoms with Gasteiger partial charge in [0.25, 0.3) is 0 Å². The van der Waals surface area contributed by atoms with E-state index >= 15 is 0 Å². The van der Waals surface area contributed by atoms with Crippen LogP contribution in [0, 0.1) is 0 Å². The van der Waals surface area contributed by atoms with Crippen molar-refractivity contribution in [2.75, 3.05) is 42.9 Å². The van der Waals surface area contributed by atoms with Gasteiger partial charge in [0.2, 0.25) is 5.91 Å². The third-order valence-corrected chi connectivity index (χ3v) is 4.80. The molecule has 0 unspecified atom stereocenters. The molecule has 1 aromatic carbocycles. The van der Waals surface area contributed by atoms with Gasteiger partial charge in [0.05, 0.1) is 22.3 Å². The molecule has 0 radical (unpaired) electrons. The molecule has 0 aliphatic carbocycles. The molecular weight excluding hydrogens is 383 g/mol. The van der Waals surface area contributed by atoms with Gasteiger partial charge in [0.1, 0.15) is 5.82 Å². The van der Waals surface area contributed by atoms with Crippen molar-refractivity contribution in [3.63, 3.8) is 0 Å². The summed E-state index contributed by atoms with van der Waals surface area (Å²) in [6.07, 6.45) is 1.79. The molecular formula is C17H17Cl3N4O. The summed E-state index contributed by atoms with van der Waals surface area (Å²) in [5.74, 6) is 0.809. The first-order valence-corrected chi connectivity index (χ1v) is 8.99. The van der Waals surface area contributed by atoms with Gasteiger partial charge in [-0.3, -0.25) is 9.69 Å². The minimum Gasteiger partial charge on any atom is -0.354 e. The number of carbonyl (C=O) groups excluding carboxylic acids is 1. The number of nitrogens with zero attached hydrogens (tertiary/aromatic N) is 3. The van der Waals surface area contributed by atoms with Crippen molar-refractivity contribution in [3.8, 4) is 0 Å². The minimum atomic E-state index is -0.155. The summed E-state index contributed by atoms with van der Waals surface area (Å²) in [4.78, 5) is 21.0. The van der Waals surface area contributed by atoms with Crippen LogP contribution in [0.3, 0.4) is 0 Å². The lowest BCUT2D eigenvalue weighted by atomic mass is 10.3. The molecule has 1 aliphatic heterocycles. The van der Waals surface area contributed by atoms with E-state index in [1.54, 1.807) is 18.3 Å². The van der Waals surface area contributed by atoms with Crippen LogP contribution < -0.4 is 10.2 Å². The fraction of sp³-hybridized carbons (Fsp3) is 0.294. The van der Waals surface area contributed by atoms with Gasteiger partial charge in [0, 0.05) is 37.4 Å². The van der Waals surface area contributed by atoms with E-state index in [-0.39, 0.29) is 12.5 Å². The smallest absolute Gasteiger partial charge is 0.238 e. The third kappa shape index (κ3) is 4.76. The molecule has 1 aromatic heterocycles. The Hall–Kier alpha value is -1.53. The summed E-state index contributed by atoms with van der Waals surface area (Å²) in [6, 6.07) is 8.97. The largest absolute Gasteiger partial charge is 0.354 e. The summed E-state index contributed by atoms with van der Waals surface area (Å²) < 4.78 is 0. The van der Waals surface area contributed by atoms with E-state index in [9.17, 15) is 4.79 Å². The number of carbonyl (C=O) groups is 1. The van der Waals surface area contributed by atoms with Crippen molar-refractivity contribution in [3.05, 3.63) is 51.6 Å². The molecule has 8 heteroatoms. The van der Waals surface area contributed by atoms with Gasteiger partial charge < -0.3 is 10.2 Å². The van der Waals surface area contributed by atoms with Crippen molar-refractivity contribution in [2.24, 2.45) is 0 Å². The van der Waals surface area contributed by atoms with Crippen LogP contribution >= 0.6 is 34.8 Å². The molecule has 0 spiro atoms. The standard InChI is InChI=1S/C17H17Cl3N4O/c18-12-9-13(19)17(14(20)10-12)22-16(25)11-23-5-7-24(8-6-23)15-3-1-2-4-21-15/h1-4,9-10H,5-8,11H2,(H,22,25). The number of aromatic nitrogens is 1. The summed E-state index contributed by atoms with van der Waals surface area (Å²) in [5, 5.41) is 3.85. The monoisotopic (exact) mass is 398 g/mol. The number of benzene rings is 1. The highest BCUT2D eigenvalue weighted by atomic mass is 35.5. The first-order valence-electron chi connectivity index (χ1n) is 7.85. The van der Waals surface area contributed by atoms with Gasteiger partial charge in [-0.05, 0) is 24.3 Å². The van der Waals surface area contributed by atoms with E-state index in [0.29, 0.717) is 20.8 Å². The van der Waals surface area contributed by atoms with E-state index in [1.807, 2.05) is 18.2 Å². The van der Waals surface area contributed by atoms with Gasteiger partial charge in [-0.15, -0.1) is 0 Å². The number of halogens is 3. The molecule has 2 heterocycles. The molecule has 25 heavy (non-hydrogen) atoms. The number of pyridine rings is 1. The molecule has 0 atom stereocenters. The van der Waals surface area contributed by atoms with Crippen LogP contribution in [-0.2, 0) is 4.79 Å². The summed E-state index contributed by atoms with van der Waals surface area (Å²) in [5.41, 5.74) is 0.393. The maximum absolute atomic E-state index is 12.3. The Kier molecular flexibility index (Phi) is 6.02. The number of hydrogen-bond acceptors (Lipinski definition) is 4. The van der Waals surface area contributed by atoms with Crippen molar-refractivity contribution < 1.29 is 4.79 Å². The molecule has 0 bridgehead atoms. The minimum absolute atomic E-state index is 0.155. The second kappa shape index (κ2) is 8.23. The van der Waals surface area contributed by atoms with E-state index in [1.165, 1.54) is 0 Å². The Bertz CT molecular complexity index is 726. The van der Waals surface area contributed by atoms with Crippen molar-refractivity contribution in [1.82, 2.24) is 9.88 Å². The van der Waals surface area contributed by atoms with Gasteiger partial charge in [-0.2, -0.15) is 0 Å². The number of amides is 1. The Balaban J connectivity index is 1.53. The van der Waals surface area contributed by atoms with Crippen LogP contribution in [0.2, 0.25) is 15.1 Å². The lowest BCUT2D eigenvalue weighted by Crippen LogP contribution is -2.48. The number of nitrogens with one attached hydrogen (secondary N) is 1.